The molecule has 0 bridgehead atoms. The van der Waals surface area contributed by atoms with Crippen molar-refractivity contribution in [1.82, 2.24) is 9.47 Å². The normalized spacial score (nSPS) is 14.9. The number of hydrogen-bond donors (Lipinski definition) is 0. The Morgan fingerprint density at radius 1 is 0.973 bits per heavy atom. The van der Waals surface area contributed by atoms with Crippen molar-refractivity contribution in [1.29, 1.82) is 0 Å². The molecule has 0 saturated carbocycles. The van der Waals surface area contributed by atoms with Crippen LogP contribution in [0.15, 0.2) is 77.0 Å². The Morgan fingerprint density at radius 2 is 1.73 bits per heavy atom. The molecular formula is C30H28BrN3O2S. The Morgan fingerprint density at radius 3 is 2.46 bits per heavy atom. The van der Waals surface area contributed by atoms with E-state index in [0.29, 0.717) is 24.0 Å². The van der Waals surface area contributed by atoms with E-state index in [1.165, 1.54) is 11.1 Å². The molecule has 0 spiro atoms. The third kappa shape index (κ3) is 4.93. The molecule has 37 heavy (non-hydrogen) atoms. The van der Waals surface area contributed by atoms with Crippen molar-refractivity contribution in [3.8, 4) is 5.75 Å². The first-order chi connectivity index (χ1) is 17.7. The standard InChI is InChI=1S/C30H28BrN3O2S/c1-19-5-10-25(11-6-19)36-14-13-33-18-22(26-17-23(31)8-12-27(26)33)16-28-29(35)34(30(37)32(28)4)24-9-7-20(2)21(3)15-24/h5-12,15-18H,13-14H2,1-4H3/b28-16-. The predicted molar refractivity (Wildman–Crippen MR) is 158 cm³/mol. The number of halogens is 1. The maximum Gasteiger partial charge on any atom is 0.281 e. The summed E-state index contributed by atoms with van der Waals surface area (Å²) < 4.78 is 9.12. The minimum atomic E-state index is -0.130. The maximum atomic E-state index is 13.6. The number of likely N-dealkylation sites (N-methyl/N-ethyl adjacent to an activating group) is 1. The maximum absolute atomic E-state index is 13.6. The Balaban J connectivity index is 1.46. The molecule has 3 aromatic carbocycles. The fourth-order valence-corrected chi connectivity index (χ4v) is 5.14. The van der Waals surface area contributed by atoms with Gasteiger partial charge in [0, 0.05) is 34.2 Å². The topological polar surface area (TPSA) is 37.7 Å². The van der Waals surface area contributed by atoms with E-state index in [9.17, 15) is 4.79 Å². The highest BCUT2D eigenvalue weighted by Crippen LogP contribution is 2.32. The van der Waals surface area contributed by atoms with Crippen LogP contribution in [0.25, 0.3) is 17.0 Å². The van der Waals surface area contributed by atoms with E-state index in [-0.39, 0.29) is 5.91 Å². The quantitative estimate of drug-likeness (QED) is 0.183. The molecule has 1 aromatic heterocycles. The van der Waals surface area contributed by atoms with Crippen LogP contribution in [0.2, 0.25) is 0 Å². The zero-order valence-corrected chi connectivity index (χ0v) is 23.7. The first kappa shape index (κ1) is 25.2. The fourth-order valence-electron chi connectivity index (χ4n) is 4.49. The number of thiocarbonyl (C=S) groups is 1. The third-order valence-corrected chi connectivity index (χ3v) is 7.75. The van der Waals surface area contributed by atoms with Crippen LogP contribution >= 0.6 is 28.1 Å². The summed E-state index contributed by atoms with van der Waals surface area (Å²) in [4.78, 5) is 17.0. The Bertz CT molecular complexity index is 1560. The van der Waals surface area contributed by atoms with Gasteiger partial charge in [0.1, 0.15) is 18.1 Å². The number of fused-ring (bicyclic) bond motifs is 1. The van der Waals surface area contributed by atoms with Gasteiger partial charge in [0.15, 0.2) is 5.11 Å². The van der Waals surface area contributed by atoms with Crippen LogP contribution in [-0.4, -0.2) is 34.1 Å². The smallest absolute Gasteiger partial charge is 0.281 e. The largest absolute Gasteiger partial charge is 0.492 e. The molecule has 0 N–H and O–H groups in total. The highest BCUT2D eigenvalue weighted by molar-refractivity contribution is 9.10. The van der Waals surface area contributed by atoms with Gasteiger partial charge in [-0.3, -0.25) is 9.69 Å². The van der Waals surface area contributed by atoms with Gasteiger partial charge in [0.25, 0.3) is 5.91 Å². The average Bonchev–Trinajstić information content (AvgIpc) is 3.31. The molecular weight excluding hydrogens is 546 g/mol. The third-order valence-electron chi connectivity index (χ3n) is 6.80. The van der Waals surface area contributed by atoms with Gasteiger partial charge in [0.05, 0.1) is 12.2 Å². The summed E-state index contributed by atoms with van der Waals surface area (Å²) in [6.45, 7) is 7.36. The molecule has 1 fully saturated rings. The van der Waals surface area contributed by atoms with E-state index in [2.05, 4.69) is 52.7 Å². The van der Waals surface area contributed by atoms with E-state index in [1.807, 2.05) is 68.6 Å². The fraction of sp³-hybridized carbons (Fsp3) is 0.200. The lowest BCUT2D eigenvalue weighted by Crippen LogP contribution is -2.31. The van der Waals surface area contributed by atoms with Crippen molar-refractivity contribution in [2.75, 3.05) is 18.6 Å². The van der Waals surface area contributed by atoms with E-state index < -0.39 is 0 Å². The first-order valence-electron chi connectivity index (χ1n) is 12.1. The summed E-state index contributed by atoms with van der Waals surface area (Å²) in [5.74, 6) is 0.722. The number of carbonyl (C=O) groups is 1. The van der Waals surface area contributed by atoms with E-state index in [0.717, 1.165) is 37.9 Å². The van der Waals surface area contributed by atoms with Crippen molar-refractivity contribution in [2.45, 2.75) is 27.3 Å². The monoisotopic (exact) mass is 573 g/mol. The van der Waals surface area contributed by atoms with E-state index in [1.54, 1.807) is 9.80 Å². The molecule has 0 atom stereocenters. The molecule has 1 amide bonds. The van der Waals surface area contributed by atoms with Gasteiger partial charge < -0.3 is 14.2 Å². The Hall–Kier alpha value is -3.42. The molecule has 0 aliphatic carbocycles. The lowest BCUT2D eigenvalue weighted by Gasteiger charge is -2.17. The highest BCUT2D eigenvalue weighted by Gasteiger charge is 2.37. The molecule has 5 rings (SSSR count). The second kappa shape index (κ2) is 10.1. The van der Waals surface area contributed by atoms with Gasteiger partial charge in [0.2, 0.25) is 0 Å². The number of anilines is 1. The summed E-state index contributed by atoms with van der Waals surface area (Å²) >= 11 is 9.29. The van der Waals surface area contributed by atoms with Crippen molar-refractivity contribution >= 4 is 61.8 Å². The number of rotatable bonds is 6. The number of ether oxygens (including phenoxy) is 1. The minimum absolute atomic E-state index is 0.130. The molecule has 1 saturated heterocycles. The van der Waals surface area contributed by atoms with Crippen LogP contribution in [0.4, 0.5) is 5.69 Å². The molecule has 1 aliphatic heterocycles. The second-order valence-electron chi connectivity index (χ2n) is 9.38. The number of aromatic nitrogens is 1. The summed E-state index contributed by atoms with van der Waals surface area (Å²) in [5, 5.41) is 1.52. The van der Waals surface area contributed by atoms with Gasteiger partial charge in [-0.2, -0.15) is 0 Å². The number of benzene rings is 3. The molecule has 1 aliphatic rings. The van der Waals surface area contributed by atoms with Gasteiger partial charge in [-0.1, -0.05) is 39.7 Å². The molecule has 4 aromatic rings. The predicted octanol–water partition coefficient (Wildman–Crippen LogP) is 7.01. The van der Waals surface area contributed by atoms with Crippen molar-refractivity contribution in [2.24, 2.45) is 0 Å². The summed E-state index contributed by atoms with van der Waals surface area (Å²) in [6.07, 6.45) is 4.01. The zero-order valence-electron chi connectivity index (χ0n) is 21.3. The highest BCUT2D eigenvalue weighted by atomic mass is 79.9. The lowest BCUT2D eigenvalue weighted by atomic mass is 10.1. The first-order valence-corrected chi connectivity index (χ1v) is 13.3. The Kier molecular flexibility index (Phi) is 6.92. The zero-order chi connectivity index (χ0) is 26.3. The molecule has 0 unspecified atom stereocenters. The van der Waals surface area contributed by atoms with Crippen molar-refractivity contribution in [3.63, 3.8) is 0 Å². The minimum Gasteiger partial charge on any atom is -0.492 e. The van der Waals surface area contributed by atoms with Crippen molar-refractivity contribution in [3.05, 3.63) is 99.3 Å². The molecule has 7 heteroatoms. The van der Waals surface area contributed by atoms with Gasteiger partial charge in [-0.15, -0.1) is 0 Å². The number of amides is 1. The van der Waals surface area contributed by atoms with Gasteiger partial charge >= 0.3 is 0 Å². The molecule has 5 nitrogen and oxygen atoms in total. The van der Waals surface area contributed by atoms with E-state index >= 15 is 0 Å². The van der Waals surface area contributed by atoms with Crippen LogP contribution in [-0.2, 0) is 11.3 Å². The van der Waals surface area contributed by atoms with E-state index in [4.69, 9.17) is 17.0 Å². The van der Waals surface area contributed by atoms with Crippen LogP contribution in [0.3, 0.4) is 0 Å². The molecule has 2 heterocycles. The van der Waals surface area contributed by atoms with Gasteiger partial charge in [-0.05, 0) is 92.7 Å². The summed E-state index contributed by atoms with van der Waals surface area (Å²) in [5.41, 5.74) is 6.85. The second-order valence-corrected chi connectivity index (χ2v) is 10.7. The number of hydrogen-bond acceptors (Lipinski definition) is 3. The lowest BCUT2D eigenvalue weighted by molar-refractivity contribution is -0.114. The van der Waals surface area contributed by atoms with Crippen LogP contribution in [0.1, 0.15) is 22.3 Å². The number of carbonyl (C=O) groups excluding carboxylic acids is 1. The summed E-state index contributed by atoms with van der Waals surface area (Å²) in [7, 11) is 1.84. The average molecular weight is 575 g/mol. The van der Waals surface area contributed by atoms with Crippen molar-refractivity contribution < 1.29 is 9.53 Å². The number of nitrogens with zero attached hydrogens (tertiary/aromatic N) is 3. The SMILES string of the molecule is Cc1ccc(OCCn2cc(/C=C3/C(=O)N(c4ccc(C)c(C)c4)C(=S)N3C)c3cc(Br)ccc32)cc1. The van der Waals surface area contributed by atoms with Crippen LogP contribution < -0.4 is 9.64 Å². The molecule has 0 radical (unpaired) electrons. The summed E-state index contributed by atoms with van der Waals surface area (Å²) in [6, 6.07) is 20.2. The Labute approximate surface area is 231 Å². The van der Waals surface area contributed by atoms with Gasteiger partial charge in [-0.25, -0.2) is 0 Å². The van der Waals surface area contributed by atoms with Crippen LogP contribution in [0.5, 0.6) is 5.75 Å². The molecule has 188 valence electrons. The number of aryl methyl sites for hydroxylation is 3. The van der Waals surface area contributed by atoms with Crippen LogP contribution in [0, 0.1) is 20.8 Å².